The summed E-state index contributed by atoms with van der Waals surface area (Å²) < 4.78 is 11.9. The van der Waals surface area contributed by atoms with E-state index in [4.69, 9.17) is 9.47 Å². The number of nitrogens with zero attached hydrogens (tertiary/aromatic N) is 2. The summed E-state index contributed by atoms with van der Waals surface area (Å²) in [6, 6.07) is 6.10. The SMILES string of the molecule is CN1CCc2cc(C(=O)N3CCOC4(COC(C)(C)C4)C3)ccc21. The third-order valence-corrected chi connectivity index (χ3v) is 5.46. The first-order valence-electron chi connectivity index (χ1n) is 8.79. The molecule has 0 aliphatic carbocycles. The molecule has 2 saturated heterocycles. The van der Waals surface area contributed by atoms with Gasteiger partial charge in [0, 0.05) is 37.8 Å². The molecule has 5 nitrogen and oxygen atoms in total. The second-order valence-electron chi connectivity index (χ2n) is 8.00. The number of hydrogen-bond acceptors (Lipinski definition) is 4. The molecule has 1 atom stereocenters. The van der Waals surface area contributed by atoms with Crippen LogP contribution in [0.25, 0.3) is 0 Å². The number of fused-ring (bicyclic) bond motifs is 1. The lowest BCUT2D eigenvalue weighted by Crippen LogP contribution is -2.54. The highest BCUT2D eigenvalue weighted by Crippen LogP contribution is 2.38. The molecule has 2 fully saturated rings. The minimum absolute atomic E-state index is 0.111. The van der Waals surface area contributed by atoms with Crippen LogP contribution in [0.4, 0.5) is 5.69 Å². The number of carbonyl (C=O) groups is 1. The Morgan fingerprint density at radius 2 is 2.04 bits per heavy atom. The summed E-state index contributed by atoms with van der Waals surface area (Å²) in [6.07, 6.45) is 1.85. The second-order valence-corrected chi connectivity index (χ2v) is 8.00. The van der Waals surface area contributed by atoms with E-state index in [1.54, 1.807) is 0 Å². The minimum Gasteiger partial charge on any atom is -0.374 e. The van der Waals surface area contributed by atoms with Gasteiger partial charge >= 0.3 is 0 Å². The predicted octanol–water partition coefficient (Wildman–Crippen LogP) is 2.09. The van der Waals surface area contributed by atoms with Gasteiger partial charge in [0.15, 0.2) is 0 Å². The third-order valence-electron chi connectivity index (χ3n) is 5.46. The molecule has 1 aromatic carbocycles. The van der Waals surface area contributed by atoms with Crippen LogP contribution in [0.2, 0.25) is 0 Å². The van der Waals surface area contributed by atoms with Gasteiger partial charge in [-0.1, -0.05) is 0 Å². The van der Waals surface area contributed by atoms with E-state index >= 15 is 0 Å². The number of morpholine rings is 1. The summed E-state index contributed by atoms with van der Waals surface area (Å²) in [4.78, 5) is 17.2. The molecule has 1 amide bonds. The van der Waals surface area contributed by atoms with Gasteiger partial charge in [0.2, 0.25) is 0 Å². The summed E-state index contributed by atoms with van der Waals surface area (Å²) in [7, 11) is 2.10. The van der Waals surface area contributed by atoms with E-state index in [-0.39, 0.29) is 17.1 Å². The standard InChI is InChI=1S/C19H26N2O3/c1-18(2)11-19(13-24-18)12-21(8-9-23-19)17(22)15-4-5-16-14(10-15)6-7-20(16)3/h4-5,10H,6-9,11-13H2,1-3H3. The summed E-state index contributed by atoms with van der Waals surface area (Å²) in [5.74, 6) is 0.111. The fourth-order valence-electron chi connectivity index (χ4n) is 4.30. The molecule has 3 heterocycles. The van der Waals surface area contributed by atoms with Gasteiger partial charge in [-0.3, -0.25) is 4.79 Å². The average Bonchev–Trinajstić information content (AvgIpc) is 3.06. The van der Waals surface area contributed by atoms with Crippen LogP contribution in [0.5, 0.6) is 0 Å². The maximum atomic E-state index is 13.0. The molecule has 0 bridgehead atoms. The quantitative estimate of drug-likeness (QED) is 0.791. The van der Waals surface area contributed by atoms with Crippen LogP contribution in [0.15, 0.2) is 18.2 Å². The number of ether oxygens (including phenoxy) is 2. The van der Waals surface area contributed by atoms with E-state index < -0.39 is 0 Å². The molecular formula is C19H26N2O3. The minimum atomic E-state index is -0.339. The lowest BCUT2D eigenvalue weighted by Gasteiger charge is -2.40. The first-order chi connectivity index (χ1) is 11.4. The Balaban J connectivity index is 1.53. The van der Waals surface area contributed by atoms with Crippen molar-refractivity contribution in [1.82, 2.24) is 4.90 Å². The van der Waals surface area contributed by atoms with Gasteiger partial charge in [-0.25, -0.2) is 0 Å². The molecule has 0 N–H and O–H groups in total. The molecule has 1 aromatic rings. The van der Waals surface area contributed by atoms with Crippen molar-refractivity contribution in [3.8, 4) is 0 Å². The summed E-state index contributed by atoms with van der Waals surface area (Å²) in [5, 5.41) is 0. The monoisotopic (exact) mass is 330 g/mol. The van der Waals surface area contributed by atoms with Crippen molar-refractivity contribution in [2.75, 3.05) is 44.8 Å². The Morgan fingerprint density at radius 3 is 2.79 bits per heavy atom. The van der Waals surface area contributed by atoms with Crippen molar-refractivity contribution in [2.24, 2.45) is 0 Å². The van der Waals surface area contributed by atoms with Crippen LogP contribution in [0.3, 0.4) is 0 Å². The molecule has 3 aliphatic rings. The zero-order chi connectivity index (χ0) is 16.9. The van der Waals surface area contributed by atoms with Crippen LogP contribution < -0.4 is 4.90 Å². The number of benzene rings is 1. The van der Waals surface area contributed by atoms with E-state index in [0.717, 1.165) is 24.9 Å². The van der Waals surface area contributed by atoms with Crippen molar-refractivity contribution >= 4 is 11.6 Å². The lowest BCUT2D eigenvalue weighted by molar-refractivity contribution is -0.0998. The van der Waals surface area contributed by atoms with Crippen LogP contribution >= 0.6 is 0 Å². The van der Waals surface area contributed by atoms with Crippen molar-refractivity contribution in [2.45, 2.75) is 37.9 Å². The van der Waals surface area contributed by atoms with Gasteiger partial charge in [0.25, 0.3) is 5.91 Å². The molecule has 0 radical (unpaired) electrons. The predicted molar refractivity (Wildman–Crippen MR) is 92.7 cm³/mol. The molecule has 130 valence electrons. The van der Waals surface area contributed by atoms with E-state index in [9.17, 15) is 4.79 Å². The summed E-state index contributed by atoms with van der Waals surface area (Å²) in [5.41, 5.74) is 2.80. The van der Waals surface area contributed by atoms with Gasteiger partial charge in [-0.05, 0) is 44.0 Å². The molecule has 1 spiro atoms. The maximum Gasteiger partial charge on any atom is 0.254 e. The first kappa shape index (κ1) is 15.9. The Kier molecular flexibility index (Phi) is 3.62. The molecule has 0 saturated carbocycles. The molecule has 1 unspecified atom stereocenters. The third kappa shape index (κ3) is 2.70. The molecular weight excluding hydrogens is 304 g/mol. The number of amides is 1. The molecule has 5 heteroatoms. The topological polar surface area (TPSA) is 42.0 Å². The second kappa shape index (κ2) is 5.46. The Bertz CT molecular complexity index is 673. The maximum absolute atomic E-state index is 13.0. The van der Waals surface area contributed by atoms with Gasteiger partial charge in [0.1, 0.15) is 5.60 Å². The van der Waals surface area contributed by atoms with E-state index in [1.807, 2.05) is 11.0 Å². The number of hydrogen-bond donors (Lipinski definition) is 0. The number of rotatable bonds is 1. The van der Waals surface area contributed by atoms with Crippen LogP contribution in [0, 0.1) is 0 Å². The smallest absolute Gasteiger partial charge is 0.254 e. The fraction of sp³-hybridized carbons (Fsp3) is 0.632. The van der Waals surface area contributed by atoms with Gasteiger partial charge in [-0.15, -0.1) is 0 Å². The average molecular weight is 330 g/mol. The molecule has 4 rings (SSSR count). The van der Waals surface area contributed by atoms with Gasteiger partial charge in [0.05, 0.1) is 25.4 Å². The largest absolute Gasteiger partial charge is 0.374 e. The van der Waals surface area contributed by atoms with Gasteiger partial charge < -0.3 is 19.3 Å². The van der Waals surface area contributed by atoms with Crippen molar-refractivity contribution < 1.29 is 14.3 Å². The van der Waals surface area contributed by atoms with E-state index in [1.165, 1.54) is 11.3 Å². The van der Waals surface area contributed by atoms with Crippen LogP contribution in [0.1, 0.15) is 36.2 Å². The summed E-state index contributed by atoms with van der Waals surface area (Å²) >= 11 is 0. The van der Waals surface area contributed by atoms with E-state index in [0.29, 0.717) is 26.3 Å². The normalized spacial score (nSPS) is 28.5. The van der Waals surface area contributed by atoms with E-state index in [2.05, 4.69) is 37.9 Å². The Morgan fingerprint density at radius 1 is 1.21 bits per heavy atom. The van der Waals surface area contributed by atoms with Crippen LogP contribution in [-0.2, 0) is 15.9 Å². The van der Waals surface area contributed by atoms with Gasteiger partial charge in [-0.2, -0.15) is 0 Å². The zero-order valence-electron chi connectivity index (χ0n) is 14.8. The Labute approximate surface area is 143 Å². The number of likely N-dealkylation sites (N-methyl/N-ethyl adjacent to an activating group) is 1. The molecule has 3 aliphatic heterocycles. The molecule has 24 heavy (non-hydrogen) atoms. The first-order valence-corrected chi connectivity index (χ1v) is 8.79. The highest BCUT2D eigenvalue weighted by Gasteiger charge is 2.48. The highest BCUT2D eigenvalue weighted by molar-refractivity contribution is 5.95. The Hall–Kier alpha value is -1.59. The fourth-order valence-corrected chi connectivity index (χ4v) is 4.30. The van der Waals surface area contributed by atoms with Crippen LogP contribution in [-0.4, -0.2) is 61.9 Å². The van der Waals surface area contributed by atoms with Crippen molar-refractivity contribution in [1.29, 1.82) is 0 Å². The highest BCUT2D eigenvalue weighted by atomic mass is 16.6. The lowest BCUT2D eigenvalue weighted by atomic mass is 9.91. The number of carbonyl (C=O) groups excluding carboxylic acids is 1. The van der Waals surface area contributed by atoms with Crippen molar-refractivity contribution in [3.63, 3.8) is 0 Å². The molecule has 0 aromatic heterocycles. The summed E-state index contributed by atoms with van der Waals surface area (Å²) in [6.45, 7) is 7.62. The number of anilines is 1. The van der Waals surface area contributed by atoms with Crippen molar-refractivity contribution in [3.05, 3.63) is 29.3 Å². The zero-order valence-corrected chi connectivity index (χ0v) is 14.8.